The molecule has 36 heavy (non-hydrogen) atoms. The molecule has 0 heterocycles. The first-order valence-corrected chi connectivity index (χ1v) is 11.4. The summed E-state index contributed by atoms with van der Waals surface area (Å²) < 4.78 is 5.61. The molecule has 0 unspecified atom stereocenters. The highest BCUT2D eigenvalue weighted by Crippen LogP contribution is 2.29. The van der Waals surface area contributed by atoms with Crippen molar-refractivity contribution in [3.63, 3.8) is 0 Å². The summed E-state index contributed by atoms with van der Waals surface area (Å²) in [6, 6.07) is 16.6. The number of rotatable bonds is 6. The van der Waals surface area contributed by atoms with Crippen LogP contribution in [-0.4, -0.2) is 18.6 Å². The number of hydrogen-bond donors (Lipinski definition) is 5. The third kappa shape index (κ3) is 5.02. The minimum atomic E-state index is -0.311. The number of aliphatic imine (C=N–C) groups is 1. The number of nitrogens with two attached hydrogens (primary N) is 3. The highest BCUT2D eigenvalue weighted by Gasteiger charge is 2.29. The maximum Gasteiger partial charge on any atom is 0.245 e. The van der Waals surface area contributed by atoms with Crippen LogP contribution in [0.3, 0.4) is 0 Å². The van der Waals surface area contributed by atoms with Crippen LogP contribution in [0.5, 0.6) is 0 Å². The topological polar surface area (TPSA) is 141 Å². The fourth-order valence-corrected chi connectivity index (χ4v) is 3.80. The van der Waals surface area contributed by atoms with Gasteiger partial charge in [-0.25, -0.2) is 4.99 Å². The van der Waals surface area contributed by atoms with E-state index < -0.39 is 0 Å². The van der Waals surface area contributed by atoms with Crippen molar-refractivity contribution in [1.29, 1.82) is 0 Å². The summed E-state index contributed by atoms with van der Waals surface area (Å²) in [6.07, 6.45) is 1.70. The van der Waals surface area contributed by atoms with Gasteiger partial charge in [-0.2, -0.15) is 0 Å². The Balaban J connectivity index is 1.82. The zero-order valence-corrected chi connectivity index (χ0v) is 20.8. The Morgan fingerprint density at radius 3 is 1.81 bits per heavy atom. The molecule has 3 aromatic carbocycles. The second-order valence-corrected chi connectivity index (χ2v) is 8.73. The molecule has 0 saturated heterocycles. The summed E-state index contributed by atoms with van der Waals surface area (Å²) in [5.74, 6) is -0.179. The molecule has 4 rings (SSSR count). The van der Waals surface area contributed by atoms with Crippen LogP contribution >= 0.6 is 0 Å². The molecule has 0 radical (unpaired) electrons. The van der Waals surface area contributed by atoms with Gasteiger partial charge in [0.1, 0.15) is 5.70 Å². The lowest BCUT2D eigenvalue weighted by Gasteiger charge is -2.23. The highest BCUT2D eigenvalue weighted by molar-refractivity contribution is 6.26. The van der Waals surface area contributed by atoms with Crippen LogP contribution in [0.25, 0.3) is 0 Å². The zero-order chi connectivity index (χ0) is 26.0. The lowest BCUT2D eigenvalue weighted by molar-refractivity contribution is -0.115. The predicted octanol–water partition coefficient (Wildman–Crippen LogP) is 4.98. The predicted molar refractivity (Wildman–Crippen MR) is 148 cm³/mol. The van der Waals surface area contributed by atoms with E-state index in [0.29, 0.717) is 39.9 Å². The maximum absolute atomic E-state index is 13.5. The number of methoxy groups -OCH3 is 1. The first-order chi connectivity index (χ1) is 17.2. The molecule has 184 valence electrons. The van der Waals surface area contributed by atoms with Crippen LogP contribution in [0.15, 0.2) is 82.8 Å². The standard InChI is InChI=1S/C28H30N6O2/c1-15-11-18(5-8-21(15)29)32-24-14-25(33-19-6-9-22(30)16(2)12-19)27(35)28(36-4)26(24)34-20-7-10-23(31)17(3)13-20/h5-14,33-34H,29-31H2,1-4H3/b32-24-. The van der Waals surface area contributed by atoms with E-state index in [1.54, 1.807) is 18.2 Å². The van der Waals surface area contributed by atoms with Crippen molar-refractivity contribution in [2.24, 2.45) is 4.99 Å². The number of benzene rings is 3. The van der Waals surface area contributed by atoms with E-state index in [-0.39, 0.29) is 11.5 Å². The molecule has 8 heteroatoms. The molecule has 8 nitrogen and oxygen atoms in total. The average molecular weight is 483 g/mol. The van der Waals surface area contributed by atoms with Crippen molar-refractivity contribution < 1.29 is 9.53 Å². The Kier molecular flexibility index (Phi) is 6.69. The minimum Gasteiger partial charge on any atom is -0.491 e. The number of nitrogen functional groups attached to an aromatic ring is 3. The van der Waals surface area contributed by atoms with Crippen LogP contribution in [0.2, 0.25) is 0 Å². The van der Waals surface area contributed by atoms with Crippen LogP contribution in [0.4, 0.5) is 34.1 Å². The molecule has 0 atom stereocenters. The van der Waals surface area contributed by atoms with Crippen molar-refractivity contribution >= 4 is 45.6 Å². The van der Waals surface area contributed by atoms with Crippen molar-refractivity contribution in [3.8, 4) is 0 Å². The molecule has 0 saturated carbocycles. The van der Waals surface area contributed by atoms with Gasteiger partial charge in [0.05, 0.1) is 24.2 Å². The highest BCUT2D eigenvalue weighted by atomic mass is 16.5. The average Bonchev–Trinajstić information content (AvgIpc) is 2.84. The normalized spacial score (nSPS) is 14.6. The Morgan fingerprint density at radius 1 is 0.750 bits per heavy atom. The van der Waals surface area contributed by atoms with E-state index in [4.69, 9.17) is 26.9 Å². The van der Waals surface area contributed by atoms with Gasteiger partial charge in [0.25, 0.3) is 0 Å². The van der Waals surface area contributed by atoms with Gasteiger partial charge in [-0.15, -0.1) is 0 Å². The summed E-state index contributed by atoms with van der Waals surface area (Å²) in [5, 5.41) is 6.51. The molecular formula is C28H30N6O2. The van der Waals surface area contributed by atoms with Crippen LogP contribution in [0, 0.1) is 20.8 Å². The summed E-state index contributed by atoms with van der Waals surface area (Å²) in [6.45, 7) is 5.74. The molecule has 0 bridgehead atoms. The van der Waals surface area contributed by atoms with Crippen LogP contribution in [-0.2, 0) is 9.53 Å². The largest absolute Gasteiger partial charge is 0.491 e. The molecule has 0 aromatic heterocycles. The molecule has 3 aromatic rings. The van der Waals surface area contributed by atoms with Crippen molar-refractivity contribution in [2.45, 2.75) is 20.8 Å². The van der Waals surface area contributed by atoms with Gasteiger partial charge in [0, 0.05) is 28.4 Å². The van der Waals surface area contributed by atoms with Crippen LogP contribution < -0.4 is 27.8 Å². The number of anilines is 5. The molecule has 1 aliphatic rings. The first-order valence-electron chi connectivity index (χ1n) is 11.4. The van der Waals surface area contributed by atoms with Gasteiger partial charge in [-0.05, 0) is 98.1 Å². The van der Waals surface area contributed by atoms with Crippen LogP contribution in [0.1, 0.15) is 16.7 Å². The lowest BCUT2D eigenvalue weighted by atomic mass is 10.0. The Bertz CT molecular complexity index is 1450. The fraction of sp³-hybridized carbons (Fsp3) is 0.143. The van der Waals surface area contributed by atoms with Gasteiger partial charge in [0.15, 0.2) is 5.76 Å². The Morgan fingerprint density at radius 2 is 1.28 bits per heavy atom. The number of nitrogens with zero attached hydrogens (tertiary/aromatic N) is 1. The van der Waals surface area contributed by atoms with E-state index in [1.807, 2.05) is 63.2 Å². The number of carbonyl (C=O) groups is 1. The number of aryl methyl sites for hydroxylation is 3. The SMILES string of the molecule is COC1=C(Nc2ccc(N)c(C)c2)/C(=N\c2ccc(N)c(C)c2)C=C(Nc2ccc(N)c(C)c2)C1=O. The molecule has 1 aliphatic carbocycles. The van der Waals surface area contributed by atoms with Gasteiger partial charge in [0.2, 0.25) is 5.78 Å². The molecule has 0 amide bonds. The summed E-state index contributed by atoms with van der Waals surface area (Å²) in [5.41, 5.74) is 26.1. The molecule has 0 fully saturated rings. The van der Waals surface area contributed by atoms with E-state index in [2.05, 4.69) is 10.6 Å². The Hall–Kier alpha value is -4.72. The molecular weight excluding hydrogens is 452 g/mol. The van der Waals surface area contributed by atoms with Crippen molar-refractivity contribution in [2.75, 3.05) is 34.9 Å². The fourth-order valence-electron chi connectivity index (χ4n) is 3.80. The van der Waals surface area contributed by atoms with Gasteiger partial charge in [-0.3, -0.25) is 4.79 Å². The van der Waals surface area contributed by atoms with E-state index in [1.165, 1.54) is 7.11 Å². The first kappa shape index (κ1) is 24.4. The lowest BCUT2D eigenvalue weighted by Crippen LogP contribution is -2.27. The quantitative estimate of drug-likeness (QED) is 0.246. The number of ketones is 1. The second kappa shape index (κ2) is 9.87. The monoisotopic (exact) mass is 482 g/mol. The Labute approximate surface area is 210 Å². The third-order valence-electron chi connectivity index (χ3n) is 6.01. The number of nitrogens with one attached hydrogen (secondary N) is 2. The summed E-state index contributed by atoms with van der Waals surface area (Å²) in [7, 11) is 1.46. The number of hydrogen-bond acceptors (Lipinski definition) is 8. The minimum absolute atomic E-state index is 0.132. The van der Waals surface area contributed by atoms with Crippen molar-refractivity contribution in [1.82, 2.24) is 0 Å². The maximum atomic E-state index is 13.5. The van der Waals surface area contributed by atoms with Gasteiger partial charge < -0.3 is 32.6 Å². The zero-order valence-electron chi connectivity index (χ0n) is 20.8. The smallest absolute Gasteiger partial charge is 0.245 e. The summed E-state index contributed by atoms with van der Waals surface area (Å²) in [4.78, 5) is 18.3. The number of allylic oxidation sites excluding steroid dienone is 1. The van der Waals surface area contributed by atoms with E-state index in [0.717, 1.165) is 28.1 Å². The number of carbonyl (C=O) groups excluding carboxylic acids is 1. The number of ether oxygens (including phenoxy) is 1. The number of Topliss-reactive ketones (excluding diaryl/α,β-unsaturated/α-hetero) is 1. The van der Waals surface area contributed by atoms with Gasteiger partial charge >= 0.3 is 0 Å². The summed E-state index contributed by atoms with van der Waals surface area (Å²) >= 11 is 0. The second-order valence-electron chi connectivity index (χ2n) is 8.73. The third-order valence-corrected chi connectivity index (χ3v) is 6.01. The van der Waals surface area contributed by atoms with Gasteiger partial charge in [-0.1, -0.05) is 0 Å². The van der Waals surface area contributed by atoms with Crippen molar-refractivity contribution in [3.05, 3.63) is 94.5 Å². The van der Waals surface area contributed by atoms with E-state index >= 15 is 0 Å². The molecule has 0 aliphatic heterocycles. The molecule has 0 spiro atoms. The molecule has 8 N–H and O–H groups in total. The van der Waals surface area contributed by atoms with E-state index in [9.17, 15) is 4.79 Å².